The van der Waals surface area contributed by atoms with Crippen molar-refractivity contribution in [2.45, 2.75) is 12.8 Å². The maximum absolute atomic E-state index is 11.8. The molecule has 1 aromatic heterocycles. The highest BCUT2D eigenvalue weighted by molar-refractivity contribution is 6.00. The van der Waals surface area contributed by atoms with Gasteiger partial charge in [0, 0.05) is 44.1 Å². The molecule has 0 unspecified atom stereocenters. The van der Waals surface area contributed by atoms with E-state index in [1.54, 1.807) is 12.3 Å². The zero-order valence-corrected chi connectivity index (χ0v) is 18.1. The SMILES string of the molecule is COC(=O)C1CCN(/C(=N\O)c2cccnc2Oc2cccc(N3CCOCC3)c2)CC1. The third-order valence-corrected chi connectivity index (χ3v) is 5.84. The number of hydrogen-bond donors (Lipinski definition) is 1. The minimum absolute atomic E-state index is 0.135. The Morgan fingerprint density at radius 3 is 2.66 bits per heavy atom. The molecule has 0 radical (unpaired) electrons. The van der Waals surface area contributed by atoms with E-state index in [-0.39, 0.29) is 11.9 Å². The van der Waals surface area contributed by atoms with E-state index in [0.717, 1.165) is 18.8 Å². The van der Waals surface area contributed by atoms with Gasteiger partial charge in [0.25, 0.3) is 0 Å². The van der Waals surface area contributed by atoms with Gasteiger partial charge in [0.1, 0.15) is 5.75 Å². The summed E-state index contributed by atoms with van der Waals surface area (Å²) in [5, 5.41) is 13.4. The van der Waals surface area contributed by atoms with Gasteiger partial charge in [-0.1, -0.05) is 11.2 Å². The third-order valence-electron chi connectivity index (χ3n) is 5.84. The number of carbonyl (C=O) groups excluding carboxylic acids is 1. The molecule has 3 heterocycles. The maximum atomic E-state index is 11.8. The van der Waals surface area contributed by atoms with Crippen molar-refractivity contribution in [3.8, 4) is 11.6 Å². The lowest BCUT2D eigenvalue weighted by atomic mass is 9.96. The summed E-state index contributed by atoms with van der Waals surface area (Å²) in [7, 11) is 1.41. The number of amidine groups is 1. The van der Waals surface area contributed by atoms with Crippen molar-refractivity contribution in [3.63, 3.8) is 0 Å². The molecule has 0 atom stereocenters. The van der Waals surface area contributed by atoms with Gasteiger partial charge in [-0.3, -0.25) is 4.79 Å². The van der Waals surface area contributed by atoms with Crippen molar-refractivity contribution in [2.75, 3.05) is 51.4 Å². The highest BCUT2D eigenvalue weighted by atomic mass is 16.5. The van der Waals surface area contributed by atoms with Crippen LogP contribution in [0.1, 0.15) is 18.4 Å². The van der Waals surface area contributed by atoms with E-state index >= 15 is 0 Å². The quantitative estimate of drug-likeness (QED) is 0.249. The molecule has 2 aliphatic heterocycles. The van der Waals surface area contributed by atoms with E-state index in [1.807, 2.05) is 35.2 Å². The number of nitrogens with zero attached hydrogens (tertiary/aromatic N) is 4. The molecule has 9 nitrogen and oxygen atoms in total. The fraction of sp³-hybridized carbons (Fsp3) is 0.435. The lowest BCUT2D eigenvalue weighted by Crippen LogP contribution is -2.41. The van der Waals surface area contributed by atoms with Crippen molar-refractivity contribution in [2.24, 2.45) is 11.1 Å². The minimum Gasteiger partial charge on any atom is -0.469 e. The number of aromatic nitrogens is 1. The molecule has 9 heteroatoms. The summed E-state index contributed by atoms with van der Waals surface area (Å²) in [6.07, 6.45) is 2.90. The Morgan fingerprint density at radius 1 is 1.16 bits per heavy atom. The first-order chi connectivity index (χ1) is 15.7. The van der Waals surface area contributed by atoms with Gasteiger partial charge >= 0.3 is 5.97 Å². The van der Waals surface area contributed by atoms with Crippen LogP contribution in [0.4, 0.5) is 5.69 Å². The molecule has 0 saturated carbocycles. The van der Waals surface area contributed by atoms with E-state index in [0.29, 0.717) is 62.2 Å². The molecule has 32 heavy (non-hydrogen) atoms. The number of piperidine rings is 1. The van der Waals surface area contributed by atoms with Crippen LogP contribution in [0.5, 0.6) is 11.6 Å². The normalized spacial score (nSPS) is 17.8. The molecular formula is C23H28N4O5. The number of rotatable bonds is 5. The van der Waals surface area contributed by atoms with Gasteiger partial charge in [-0.05, 0) is 37.1 Å². The average molecular weight is 441 g/mol. The summed E-state index contributed by atoms with van der Waals surface area (Å²) in [5.41, 5.74) is 1.65. The number of pyridine rings is 1. The largest absolute Gasteiger partial charge is 0.469 e. The van der Waals surface area contributed by atoms with Gasteiger partial charge in [-0.25, -0.2) is 4.98 Å². The maximum Gasteiger partial charge on any atom is 0.308 e. The number of oxime groups is 1. The van der Waals surface area contributed by atoms with Crippen molar-refractivity contribution in [3.05, 3.63) is 48.2 Å². The second kappa shape index (κ2) is 10.3. The number of hydrogen-bond acceptors (Lipinski definition) is 8. The predicted molar refractivity (Wildman–Crippen MR) is 118 cm³/mol. The van der Waals surface area contributed by atoms with E-state index in [1.165, 1.54) is 7.11 Å². The van der Waals surface area contributed by atoms with Crippen LogP contribution in [0.15, 0.2) is 47.8 Å². The number of likely N-dealkylation sites (tertiary alicyclic amines) is 1. The van der Waals surface area contributed by atoms with Crippen LogP contribution in [0.2, 0.25) is 0 Å². The van der Waals surface area contributed by atoms with Crippen molar-refractivity contribution in [1.82, 2.24) is 9.88 Å². The molecule has 2 aromatic rings. The van der Waals surface area contributed by atoms with Gasteiger partial charge in [0.05, 0.1) is 31.8 Å². The van der Waals surface area contributed by atoms with Crippen LogP contribution in [-0.2, 0) is 14.3 Å². The summed E-state index contributed by atoms with van der Waals surface area (Å²) in [6.45, 7) is 4.22. The van der Waals surface area contributed by atoms with Crippen molar-refractivity contribution >= 4 is 17.5 Å². The fourth-order valence-electron chi connectivity index (χ4n) is 4.10. The average Bonchev–Trinajstić information content (AvgIpc) is 2.86. The molecule has 4 rings (SSSR count). The first-order valence-corrected chi connectivity index (χ1v) is 10.8. The number of carbonyl (C=O) groups is 1. The summed E-state index contributed by atoms with van der Waals surface area (Å²) >= 11 is 0. The lowest BCUT2D eigenvalue weighted by molar-refractivity contribution is -0.146. The Balaban J connectivity index is 1.51. The third kappa shape index (κ3) is 4.94. The van der Waals surface area contributed by atoms with Crippen LogP contribution < -0.4 is 9.64 Å². The second-order valence-corrected chi connectivity index (χ2v) is 7.76. The van der Waals surface area contributed by atoms with Gasteiger partial charge in [0.2, 0.25) is 5.88 Å². The van der Waals surface area contributed by atoms with Crippen molar-refractivity contribution < 1.29 is 24.2 Å². The number of anilines is 1. The van der Waals surface area contributed by atoms with Crippen LogP contribution in [0, 0.1) is 5.92 Å². The zero-order valence-electron chi connectivity index (χ0n) is 18.1. The molecule has 0 spiro atoms. The molecule has 0 amide bonds. The molecule has 2 saturated heterocycles. The fourth-order valence-corrected chi connectivity index (χ4v) is 4.10. The highest BCUT2D eigenvalue weighted by Gasteiger charge is 2.29. The summed E-state index contributed by atoms with van der Waals surface area (Å²) < 4.78 is 16.4. The molecule has 0 aliphatic carbocycles. The number of benzene rings is 1. The number of esters is 1. The lowest BCUT2D eigenvalue weighted by Gasteiger charge is -2.32. The molecule has 170 valence electrons. The first-order valence-electron chi connectivity index (χ1n) is 10.8. The number of morpholine rings is 1. The minimum atomic E-state index is -0.197. The standard InChI is InChI=1S/C23H28N4O5/c1-30-23(28)17-7-10-27(11-8-17)21(25-29)20-6-3-9-24-22(20)32-19-5-2-4-18(16-19)26-12-14-31-15-13-26/h2-6,9,16-17,29H,7-8,10-15H2,1H3/b25-21-. The van der Waals surface area contributed by atoms with Crippen LogP contribution in [0.3, 0.4) is 0 Å². The molecule has 2 fully saturated rings. The first kappa shape index (κ1) is 21.9. The van der Waals surface area contributed by atoms with Crippen molar-refractivity contribution in [1.29, 1.82) is 0 Å². The molecule has 2 aliphatic rings. The smallest absolute Gasteiger partial charge is 0.308 e. The second-order valence-electron chi connectivity index (χ2n) is 7.76. The monoisotopic (exact) mass is 440 g/mol. The topological polar surface area (TPSA) is 96.7 Å². The Bertz CT molecular complexity index is 953. The summed E-state index contributed by atoms with van der Waals surface area (Å²) in [5.74, 6) is 1.05. The van der Waals surface area contributed by atoms with Gasteiger partial charge in [-0.2, -0.15) is 0 Å². The predicted octanol–water partition coefficient (Wildman–Crippen LogP) is 2.73. The summed E-state index contributed by atoms with van der Waals surface area (Å²) in [6, 6.07) is 11.4. The Labute approximate surface area is 187 Å². The van der Waals surface area contributed by atoms with E-state index in [4.69, 9.17) is 14.2 Å². The zero-order chi connectivity index (χ0) is 22.3. The Kier molecular flexibility index (Phi) is 7.06. The number of methoxy groups -OCH3 is 1. The van der Waals surface area contributed by atoms with Gasteiger partial charge < -0.3 is 29.2 Å². The van der Waals surface area contributed by atoms with Gasteiger partial charge in [0.15, 0.2) is 5.84 Å². The van der Waals surface area contributed by atoms with Crippen LogP contribution in [-0.4, -0.2) is 73.4 Å². The summed E-state index contributed by atoms with van der Waals surface area (Å²) in [4.78, 5) is 20.4. The van der Waals surface area contributed by atoms with E-state index in [9.17, 15) is 10.0 Å². The Hall–Kier alpha value is -3.33. The highest BCUT2D eigenvalue weighted by Crippen LogP contribution is 2.29. The molecule has 1 N–H and O–H groups in total. The van der Waals surface area contributed by atoms with Crippen LogP contribution >= 0.6 is 0 Å². The molecule has 0 bridgehead atoms. The van der Waals surface area contributed by atoms with Gasteiger partial charge in [-0.15, -0.1) is 0 Å². The van der Waals surface area contributed by atoms with Crippen LogP contribution in [0.25, 0.3) is 0 Å². The number of ether oxygens (including phenoxy) is 3. The Morgan fingerprint density at radius 2 is 1.94 bits per heavy atom. The van der Waals surface area contributed by atoms with E-state index in [2.05, 4.69) is 15.0 Å². The van der Waals surface area contributed by atoms with E-state index < -0.39 is 0 Å². The molecule has 1 aromatic carbocycles. The molecular weight excluding hydrogens is 412 g/mol.